The summed E-state index contributed by atoms with van der Waals surface area (Å²) < 4.78 is 13.2. The molecular formula is C19H22FN3O. The van der Waals surface area contributed by atoms with Gasteiger partial charge in [-0.15, -0.1) is 0 Å². The molecule has 24 heavy (non-hydrogen) atoms. The zero-order valence-electron chi connectivity index (χ0n) is 13.9. The largest absolute Gasteiger partial charge is 0.341 e. The molecule has 1 aromatic carbocycles. The first-order chi connectivity index (χ1) is 11.6. The maximum Gasteiger partial charge on any atom is 0.255 e. The minimum Gasteiger partial charge on any atom is -0.341 e. The van der Waals surface area contributed by atoms with Gasteiger partial charge in [-0.2, -0.15) is 0 Å². The summed E-state index contributed by atoms with van der Waals surface area (Å²) in [4.78, 5) is 20.2. The maximum atomic E-state index is 13.2. The Morgan fingerprint density at radius 3 is 2.88 bits per heavy atom. The van der Waals surface area contributed by atoms with Gasteiger partial charge < -0.3 is 4.90 Å². The number of carbonyl (C=O) groups is 1. The molecule has 4 nitrogen and oxygen atoms in total. The predicted molar refractivity (Wildman–Crippen MR) is 91.0 cm³/mol. The lowest BCUT2D eigenvalue weighted by Gasteiger charge is -2.22. The summed E-state index contributed by atoms with van der Waals surface area (Å²) in [6, 6.07) is 11.7. The number of likely N-dealkylation sites (tertiary alicyclic amines) is 1. The molecule has 1 fully saturated rings. The van der Waals surface area contributed by atoms with Crippen molar-refractivity contribution in [3.8, 4) is 0 Å². The standard InChI is InChI=1S/C19H22FN3O/c1-22(19(24)17-9-18(20)11-21-10-17)12-16-7-8-23(14-16)13-15-5-3-2-4-6-15/h2-6,9-11,16H,7-8,12-14H2,1H3/t16-/m1/s1. The molecule has 0 saturated carbocycles. The van der Waals surface area contributed by atoms with E-state index < -0.39 is 5.82 Å². The first-order valence-corrected chi connectivity index (χ1v) is 8.24. The van der Waals surface area contributed by atoms with Gasteiger partial charge in [0.15, 0.2) is 0 Å². The average Bonchev–Trinajstić information content (AvgIpc) is 3.02. The van der Waals surface area contributed by atoms with Crippen LogP contribution in [0.4, 0.5) is 4.39 Å². The molecule has 1 amide bonds. The minimum absolute atomic E-state index is 0.177. The van der Waals surface area contributed by atoms with Crippen LogP contribution in [0.15, 0.2) is 48.8 Å². The fourth-order valence-corrected chi connectivity index (χ4v) is 3.27. The monoisotopic (exact) mass is 327 g/mol. The minimum atomic E-state index is -0.482. The second-order valence-electron chi connectivity index (χ2n) is 6.45. The Kier molecular flexibility index (Phi) is 5.20. The molecule has 1 saturated heterocycles. The molecule has 0 unspecified atom stereocenters. The highest BCUT2D eigenvalue weighted by Gasteiger charge is 2.25. The third-order valence-electron chi connectivity index (χ3n) is 4.45. The van der Waals surface area contributed by atoms with E-state index in [9.17, 15) is 9.18 Å². The van der Waals surface area contributed by atoms with Crippen LogP contribution in [-0.4, -0.2) is 47.4 Å². The normalized spacial score (nSPS) is 17.8. The van der Waals surface area contributed by atoms with Gasteiger partial charge in [-0.05, 0) is 30.5 Å². The molecule has 0 bridgehead atoms. The van der Waals surface area contributed by atoms with E-state index in [1.807, 2.05) is 6.07 Å². The van der Waals surface area contributed by atoms with E-state index in [4.69, 9.17) is 0 Å². The van der Waals surface area contributed by atoms with Crippen molar-refractivity contribution in [1.82, 2.24) is 14.8 Å². The summed E-state index contributed by atoms with van der Waals surface area (Å²) in [5.41, 5.74) is 1.62. The van der Waals surface area contributed by atoms with Gasteiger partial charge in [0.05, 0.1) is 11.8 Å². The number of halogens is 1. The summed E-state index contributed by atoms with van der Waals surface area (Å²) in [6.45, 7) is 3.65. The van der Waals surface area contributed by atoms with Gasteiger partial charge in [0.1, 0.15) is 5.82 Å². The molecule has 0 N–H and O–H groups in total. The van der Waals surface area contributed by atoms with Gasteiger partial charge in [0.2, 0.25) is 0 Å². The summed E-state index contributed by atoms with van der Waals surface area (Å²) in [5, 5.41) is 0. The van der Waals surface area contributed by atoms with Crippen molar-refractivity contribution < 1.29 is 9.18 Å². The van der Waals surface area contributed by atoms with Crippen molar-refractivity contribution in [2.24, 2.45) is 5.92 Å². The topological polar surface area (TPSA) is 36.4 Å². The maximum absolute atomic E-state index is 13.2. The number of carbonyl (C=O) groups excluding carboxylic acids is 1. The molecule has 0 radical (unpaired) electrons. The zero-order chi connectivity index (χ0) is 16.9. The van der Waals surface area contributed by atoms with Crippen molar-refractivity contribution in [2.75, 3.05) is 26.7 Å². The molecule has 1 aromatic heterocycles. The van der Waals surface area contributed by atoms with Gasteiger partial charge in [-0.25, -0.2) is 4.39 Å². The Balaban J connectivity index is 1.52. The Morgan fingerprint density at radius 1 is 1.33 bits per heavy atom. The van der Waals surface area contributed by atoms with Crippen molar-refractivity contribution in [2.45, 2.75) is 13.0 Å². The quantitative estimate of drug-likeness (QED) is 0.847. The van der Waals surface area contributed by atoms with Crippen molar-refractivity contribution in [1.29, 1.82) is 0 Å². The molecule has 0 spiro atoms. The smallest absolute Gasteiger partial charge is 0.255 e. The van der Waals surface area contributed by atoms with Crippen LogP contribution in [0.2, 0.25) is 0 Å². The molecule has 2 heterocycles. The number of pyridine rings is 1. The van der Waals surface area contributed by atoms with Crippen LogP contribution >= 0.6 is 0 Å². The molecule has 1 aliphatic heterocycles. The van der Waals surface area contributed by atoms with Crippen LogP contribution in [0.3, 0.4) is 0 Å². The van der Waals surface area contributed by atoms with Crippen LogP contribution in [0.25, 0.3) is 0 Å². The van der Waals surface area contributed by atoms with Crippen molar-refractivity contribution in [3.05, 3.63) is 65.7 Å². The SMILES string of the molecule is CN(C[C@H]1CCN(Cc2ccccc2)C1)C(=O)c1cncc(F)c1. The number of nitrogens with zero attached hydrogens (tertiary/aromatic N) is 3. The van der Waals surface area contributed by atoms with Gasteiger partial charge in [0, 0.05) is 32.9 Å². The first kappa shape index (κ1) is 16.6. The van der Waals surface area contributed by atoms with E-state index in [0.717, 1.165) is 32.3 Å². The van der Waals surface area contributed by atoms with Crippen LogP contribution in [0, 0.1) is 11.7 Å². The van der Waals surface area contributed by atoms with Crippen molar-refractivity contribution >= 4 is 5.91 Å². The van der Waals surface area contributed by atoms with Crippen LogP contribution in [0.5, 0.6) is 0 Å². The number of hydrogen-bond acceptors (Lipinski definition) is 3. The highest BCUT2D eigenvalue weighted by molar-refractivity contribution is 5.93. The van der Waals surface area contributed by atoms with Gasteiger partial charge >= 0.3 is 0 Å². The molecule has 2 aromatic rings. The predicted octanol–water partition coefficient (Wildman–Crippen LogP) is 2.81. The average molecular weight is 327 g/mol. The summed E-state index contributed by atoms with van der Waals surface area (Å²) in [6.07, 6.45) is 3.60. The zero-order valence-corrected chi connectivity index (χ0v) is 13.9. The fourth-order valence-electron chi connectivity index (χ4n) is 3.27. The molecule has 1 atom stereocenters. The lowest BCUT2D eigenvalue weighted by molar-refractivity contribution is 0.0772. The summed E-state index contributed by atoms with van der Waals surface area (Å²) in [5.74, 6) is -0.211. The third kappa shape index (κ3) is 4.17. The van der Waals surface area contributed by atoms with Gasteiger partial charge in [0.25, 0.3) is 5.91 Å². The lowest BCUT2D eigenvalue weighted by atomic mass is 10.1. The third-order valence-corrected chi connectivity index (χ3v) is 4.45. The summed E-state index contributed by atoms with van der Waals surface area (Å²) in [7, 11) is 1.77. The van der Waals surface area contributed by atoms with Crippen LogP contribution in [-0.2, 0) is 6.54 Å². The Morgan fingerprint density at radius 2 is 2.12 bits per heavy atom. The number of benzene rings is 1. The lowest BCUT2D eigenvalue weighted by Crippen LogP contribution is -2.33. The van der Waals surface area contributed by atoms with Gasteiger partial charge in [-0.3, -0.25) is 14.7 Å². The first-order valence-electron chi connectivity index (χ1n) is 8.24. The Hall–Kier alpha value is -2.27. The van der Waals surface area contributed by atoms with E-state index >= 15 is 0 Å². The number of rotatable bonds is 5. The second kappa shape index (κ2) is 7.53. The second-order valence-corrected chi connectivity index (χ2v) is 6.45. The van der Waals surface area contributed by atoms with Crippen LogP contribution in [0.1, 0.15) is 22.3 Å². The van der Waals surface area contributed by atoms with Crippen LogP contribution < -0.4 is 0 Å². The number of amides is 1. The fraction of sp³-hybridized carbons (Fsp3) is 0.368. The van der Waals surface area contributed by atoms with E-state index in [-0.39, 0.29) is 5.91 Å². The molecule has 126 valence electrons. The number of hydrogen-bond donors (Lipinski definition) is 0. The van der Waals surface area contributed by atoms with E-state index in [1.165, 1.54) is 17.8 Å². The van der Waals surface area contributed by atoms with E-state index in [1.54, 1.807) is 11.9 Å². The Bertz CT molecular complexity index is 692. The van der Waals surface area contributed by atoms with E-state index in [0.29, 0.717) is 18.0 Å². The Labute approximate surface area is 141 Å². The number of aromatic nitrogens is 1. The van der Waals surface area contributed by atoms with E-state index in [2.05, 4.69) is 34.1 Å². The van der Waals surface area contributed by atoms with Crippen molar-refractivity contribution in [3.63, 3.8) is 0 Å². The molecule has 1 aliphatic rings. The highest BCUT2D eigenvalue weighted by atomic mass is 19.1. The molecule has 5 heteroatoms. The van der Waals surface area contributed by atoms with Gasteiger partial charge in [-0.1, -0.05) is 30.3 Å². The molecular weight excluding hydrogens is 305 g/mol. The highest BCUT2D eigenvalue weighted by Crippen LogP contribution is 2.20. The summed E-state index contributed by atoms with van der Waals surface area (Å²) >= 11 is 0. The molecule has 0 aliphatic carbocycles. The molecule has 3 rings (SSSR count).